The zero-order valence-electron chi connectivity index (χ0n) is 10.5. The van der Waals surface area contributed by atoms with Gasteiger partial charge in [-0.05, 0) is 32.7 Å². The van der Waals surface area contributed by atoms with Crippen LogP contribution in [-0.2, 0) is 6.42 Å². The lowest BCUT2D eigenvalue weighted by Gasteiger charge is -2.13. The summed E-state index contributed by atoms with van der Waals surface area (Å²) in [5, 5.41) is 14.1. The summed E-state index contributed by atoms with van der Waals surface area (Å²) in [5.41, 5.74) is 1.08. The van der Waals surface area contributed by atoms with Crippen LogP contribution < -0.4 is 5.32 Å². The zero-order chi connectivity index (χ0) is 12.7. The van der Waals surface area contributed by atoms with E-state index in [1.807, 2.05) is 19.2 Å². The first-order valence-electron chi connectivity index (χ1n) is 6.08. The minimum atomic E-state index is -0.301. The fourth-order valence-corrected chi connectivity index (χ4v) is 1.99. The van der Waals surface area contributed by atoms with Crippen molar-refractivity contribution in [3.05, 3.63) is 39.9 Å². The van der Waals surface area contributed by atoms with Gasteiger partial charge in [0.05, 0.1) is 4.92 Å². The van der Waals surface area contributed by atoms with Crippen LogP contribution in [0.2, 0.25) is 0 Å². The first-order chi connectivity index (χ1) is 8.19. The number of para-hydroxylation sites is 1. The summed E-state index contributed by atoms with van der Waals surface area (Å²) in [6.07, 6.45) is 3.89. The first kappa shape index (κ1) is 13.6. The molecule has 0 aliphatic carbocycles. The van der Waals surface area contributed by atoms with Gasteiger partial charge in [0.25, 0.3) is 5.69 Å². The van der Waals surface area contributed by atoms with E-state index in [2.05, 4.69) is 12.2 Å². The van der Waals surface area contributed by atoms with Gasteiger partial charge in [-0.2, -0.15) is 0 Å². The van der Waals surface area contributed by atoms with Crippen LogP contribution in [0.5, 0.6) is 0 Å². The maximum Gasteiger partial charge on any atom is 0.272 e. The maximum atomic E-state index is 10.8. The number of hydrogen-bond acceptors (Lipinski definition) is 3. The van der Waals surface area contributed by atoms with Crippen molar-refractivity contribution in [2.24, 2.45) is 0 Å². The van der Waals surface area contributed by atoms with Crippen LogP contribution in [0.15, 0.2) is 24.3 Å². The molecule has 4 nitrogen and oxygen atoms in total. The van der Waals surface area contributed by atoms with Gasteiger partial charge in [-0.1, -0.05) is 25.1 Å². The summed E-state index contributed by atoms with van der Waals surface area (Å²) in [4.78, 5) is 10.5. The average Bonchev–Trinajstić information content (AvgIpc) is 2.35. The number of nitrogens with one attached hydrogen (secondary N) is 1. The molecule has 0 fully saturated rings. The van der Waals surface area contributed by atoms with Gasteiger partial charge in [-0.15, -0.1) is 0 Å². The molecule has 0 aliphatic heterocycles. The lowest BCUT2D eigenvalue weighted by molar-refractivity contribution is -0.385. The van der Waals surface area contributed by atoms with Crippen LogP contribution >= 0.6 is 0 Å². The van der Waals surface area contributed by atoms with E-state index in [0.29, 0.717) is 6.04 Å². The van der Waals surface area contributed by atoms with Gasteiger partial charge in [-0.3, -0.25) is 10.1 Å². The fraction of sp³-hybridized carbons (Fsp3) is 0.538. The number of benzene rings is 1. The minimum Gasteiger partial charge on any atom is -0.317 e. The Kier molecular flexibility index (Phi) is 5.63. The Morgan fingerprint density at radius 2 is 2.12 bits per heavy atom. The van der Waals surface area contributed by atoms with Crippen LogP contribution in [0.4, 0.5) is 5.69 Å². The second-order valence-electron chi connectivity index (χ2n) is 4.17. The molecule has 1 unspecified atom stereocenters. The van der Waals surface area contributed by atoms with Crippen molar-refractivity contribution in [3.8, 4) is 0 Å². The minimum absolute atomic E-state index is 0.241. The molecule has 94 valence electrons. The molecule has 17 heavy (non-hydrogen) atoms. The molecular weight excluding hydrogens is 216 g/mol. The van der Waals surface area contributed by atoms with E-state index >= 15 is 0 Å². The Morgan fingerprint density at radius 3 is 2.71 bits per heavy atom. The standard InChI is InChI=1S/C13H20N2O2/c1-3-12(14-2)9-6-8-11-7-4-5-10-13(11)15(16)17/h4-5,7,10,12,14H,3,6,8-9H2,1-2H3. The number of nitro groups is 1. The number of hydrogen-bond donors (Lipinski definition) is 1. The van der Waals surface area contributed by atoms with Crippen molar-refractivity contribution in [1.29, 1.82) is 0 Å². The van der Waals surface area contributed by atoms with Gasteiger partial charge in [0.2, 0.25) is 0 Å². The van der Waals surface area contributed by atoms with Gasteiger partial charge < -0.3 is 5.32 Å². The number of nitrogens with zero attached hydrogens (tertiary/aromatic N) is 1. The molecule has 0 saturated carbocycles. The molecule has 0 amide bonds. The van der Waals surface area contributed by atoms with E-state index in [1.54, 1.807) is 12.1 Å². The van der Waals surface area contributed by atoms with Crippen LogP contribution in [0.3, 0.4) is 0 Å². The number of nitro benzene ring substituents is 1. The van der Waals surface area contributed by atoms with Gasteiger partial charge in [0.15, 0.2) is 0 Å². The summed E-state index contributed by atoms with van der Waals surface area (Å²) in [7, 11) is 1.96. The Labute approximate surface area is 102 Å². The van der Waals surface area contributed by atoms with Gasteiger partial charge in [-0.25, -0.2) is 0 Å². The van der Waals surface area contributed by atoms with Crippen LogP contribution in [0.25, 0.3) is 0 Å². The number of aryl methyl sites for hydroxylation is 1. The van der Waals surface area contributed by atoms with Crippen molar-refractivity contribution in [2.75, 3.05) is 7.05 Å². The van der Waals surface area contributed by atoms with Gasteiger partial charge in [0.1, 0.15) is 0 Å². The van der Waals surface area contributed by atoms with E-state index < -0.39 is 0 Å². The van der Waals surface area contributed by atoms with Crippen molar-refractivity contribution in [3.63, 3.8) is 0 Å². The van der Waals surface area contributed by atoms with Crippen molar-refractivity contribution >= 4 is 5.69 Å². The Hall–Kier alpha value is -1.42. The van der Waals surface area contributed by atoms with Crippen molar-refractivity contribution in [1.82, 2.24) is 5.32 Å². The highest BCUT2D eigenvalue weighted by molar-refractivity contribution is 5.39. The normalized spacial score (nSPS) is 12.4. The largest absolute Gasteiger partial charge is 0.317 e. The van der Waals surface area contributed by atoms with Crippen LogP contribution in [0, 0.1) is 10.1 Å². The Bertz CT molecular complexity index is 362. The molecule has 0 aromatic heterocycles. The molecule has 1 atom stereocenters. The Morgan fingerprint density at radius 1 is 1.41 bits per heavy atom. The topological polar surface area (TPSA) is 55.2 Å². The third kappa shape index (κ3) is 4.15. The van der Waals surface area contributed by atoms with Gasteiger partial charge >= 0.3 is 0 Å². The Balaban J connectivity index is 2.54. The average molecular weight is 236 g/mol. The summed E-state index contributed by atoms with van der Waals surface area (Å²) in [6, 6.07) is 7.50. The van der Waals surface area contributed by atoms with E-state index in [-0.39, 0.29) is 10.6 Å². The summed E-state index contributed by atoms with van der Waals surface area (Å²) < 4.78 is 0. The molecule has 1 aromatic rings. The molecule has 0 spiro atoms. The molecule has 0 aliphatic rings. The van der Waals surface area contributed by atoms with E-state index in [4.69, 9.17) is 0 Å². The van der Waals surface area contributed by atoms with Crippen molar-refractivity contribution in [2.45, 2.75) is 38.6 Å². The smallest absolute Gasteiger partial charge is 0.272 e. The number of rotatable bonds is 7. The first-order valence-corrected chi connectivity index (χ1v) is 6.08. The third-order valence-corrected chi connectivity index (χ3v) is 3.09. The van der Waals surface area contributed by atoms with Crippen molar-refractivity contribution < 1.29 is 4.92 Å². The lowest BCUT2D eigenvalue weighted by atomic mass is 10.0. The third-order valence-electron chi connectivity index (χ3n) is 3.09. The summed E-state index contributed by atoms with van der Waals surface area (Å²) >= 11 is 0. The SMILES string of the molecule is CCC(CCCc1ccccc1[N+](=O)[O-])NC. The predicted octanol–water partition coefficient (Wildman–Crippen LogP) is 2.92. The van der Waals surface area contributed by atoms with Crippen LogP contribution in [-0.4, -0.2) is 18.0 Å². The molecule has 4 heteroatoms. The highest BCUT2D eigenvalue weighted by atomic mass is 16.6. The molecule has 0 heterocycles. The zero-order valence-corrected chi connectivity index (χ0v) is 10.5. The summed E-state index contributed by atoms with van der Waals surface area (Å²) in [5.74, 6) is 0. The second kappa shape index (κ2) is 7.01. The fourth-order valence-electron chi connectivity index (χ4n) is 1.99. The van der Waals surface area contributed by atoms with E-state index in [0.717, 1.165) is 31.2 Å². The quantitative estimate of drug-likeness (QED) is 0.585. The highest BCUT2D eigenvalue weighted by Crippen LogP contribution is 2.20. The second-order valence-corrected chi connectivity index (χ2v) is 4.17. The molecule has 1 rings (SSSR count). The predicted molar refractivity (Wildman–Crippen MR) is 69.2 cm³/mol. The molecule has 0 radical (unpaired) electrons. The molecular formula is C13H20N2O2. The van der Waals surface area contributed by atoms with E-state index in [1.165, 1.54) is 0 Å². The summed E-state index contributed by atoms with van der Waals surface area (Å²) in [6.45, 7) is 2.14. The van der Waals surface area contributed by atoms with Crippen LogP contribution in [0.1, 0.15) is 31.7 Å². The monoisotopic (exact) mass is 236 g/mol. The van der Waals surface area contributed by atoms with E-state index in [9.17, 15) is 10.1 Å². The van der Waals surface area contributed by atoms with Gasteiger partial charge in [0, 0.05) is 17.7 Å². The molecule has 1 N–H and O–H groups in total. The molecule has 0 bridgehead atoms. The molecule has 1 aromatic carbocycles. The molecule has 0 saturated heterocycles. The lowest BCUT2D eigenvalue weighted by Crippen LogP contribution is -2.24. The highest BCUT2D eigenvalue weighted by Gasteiger charge is 2.12. The maximum absolute atomic E-state index is 10.8.